The van der Waals surface area contributed by atoms with E-state index in [0.717, 1.165) is 43.2 Å². The molecule has 37 heavy (non-hydrogen) atoms. The second-order valence-corrected chi connectivity index (χ2v) is 12.6. The van der Waals surface area contributed by atoms with E-state index in [2.05, 4.69) is 69.0 Å². The summed E-state index contributed by atoms with van der Waals surface area (Å²) in [5.74, 6) is -0.527. The summed E-state index contributed by atoms with van der Waals surface area (Å²) in [6.45, 7) is 13.0. The van der Waals surface area contributed by atoms with Crippen molar-refractivity contribution in [2.75, 3.05) is 5.32 Å². The van der Waals surface area contributed by atoms with Crippen molar-refractivity contribution in [2.45, 2.75) is 90.4 Å². The molecule has 5 rings (SSSR count). The van der Waals surface area contributed by atoms with Crippen LogP contribution in [0.2, 0.25) is 0 Å². The second kappa shape index (κ2) is 8.54. The van der Waals surface area contributed by atoms with Crippen LogP contribution < -0.4 is 5.32 Å². The zero-order chi connectivity index (χ0) is 26.8. The van der Waals surface area contributed by atoms with Gasteiger partial charge in [0.05, 0.1) is 17.4 Å². The molecule has 1 amide bonds. The summed E-state index contributed by atoms with van der Waals surface area (Å²) in [6, 6.07) is 7.89. The summed E-state index contributed by atoms with van der Waals surface area (Å²) in [5, 5.41) is 24.5. The maximum Gasteiger partial charge on any atom is 0.291 e. The van der Waals surface area contributed by atoms with E-state index in [1.54, 1.807) is 0 Å². The minimum Gasteiger partial charge on any atom is -0.384 e. The number of hydrogen-bond acceptors (Lipinski definition) is 5. The van der Waals surface area contributed by atoms with Gasteiger partial charge in [0.2, 0.25) is 0 Å². The van der Waals surface area contributed by atoms with E-state index in [9.17, 15) is 9.90 Å². The first-order valence-electron chi connectivity index (χ1n) is 13.3. The number of allylic oxidation sites excluding steroid dienone is 2. The van der Waals surface area contributed by atoms with Crippen LogP contribution >= 0.6 is 0 Å². The molecule has 0 radical (unpaired) electrons. The van der Waals surface area contributed by atoms with E-state index in [4.69, 9.17) is 10.00 Å². The summed E-state index contributed by atoms with van der Waals surface area (Å²) in [4.78, 5) is 19.8. The monoisotopic (exact) mass is 502 g/mol. The number of H-pyrrole nitrogens is 1. The van der Waals surface area contributed by atoms with Crippen molar-refractivity contribution in [1.29, 1.82) is 5.26 Å². The zero-order valence-electron chi connectivity index (χ0n) is 22.7. The number of ether oxygens (including phenoxy) is 1. The third kappa shape index (κ3) is 4.11. The lowest BCUT2D eigenvalue weighted by Gasteiger charge is -2.55. The smallest absolute Gasteiger partial charge is 0.291 e. The normalized spacial score (nSPS) is 34.5. The Bertz CT molecular complexity index is 1300. The Morgan fingerprint density at radius 2 is 1.84 bits per heavy atom. The Morgan fingerprint density at radius 1 is 1.16 bits per heavy atom. The van der Waals surface area contributed by atoms with Gasteiger partial charge in [0.15, 0.2) is 5.82 Å². The molecule has 1 unspecified atom stereocenters. The number of rotatable bonds is 4. The second-order valence-electron chi connectivity index (χ2n) is 12.6. The van der Waals surface area contributed by atoms with Gasteiger partial charge in [0, 0.05) is 23.1 Å². The number of fused-ring (bicyclic) bond motifs is 2. The average Bonchev–Trinajstić information content (AvgIpc) is 3.47. The number of aromatic amines is 1. The van der Waals surface area contributed by atoms with Crippen LogP contribution in [0.25, 0.3) is 5.57 Å². The highest BCUT2D eigenvalue weighted by molar-refractivity contribution is 6.03. The lowest BCUT2D eigenvalue weighted by Crippen LogP contribution is -2.61. The van der Waals surface area contributed by atoms with Crippen molar-refractivity contribution in [2.24, 2.45) is 17.3 Å². The molecule has 3 aliphatic rings. The van der Waals surface area contributed by atoms with Gasteiger partial charge in [-0.15, -0.1) is 0 Å². The molecule has 2 saturated heterocycles. The van der Waals surface area contributed by atoms with Crippen molar-refractivity contribution in [3.63, 3.8) is 0 Å². The number of hydrogen-bond donors (Lipinski definition) is 3. The first-order chi connectivity index (χ1) is 17.3. The van der Waals surface area contributed by atoms with Crippen LogP contribution in [-0.4, -0.2) is 32.2 Å². The first kappa shape index (κ1) is 25.7. The van der Waals surface area contributed by atoms with E-state index in [1.807, 2.05) is 18.2 Å². The molecule has 1 aromatic heterocycles. The Morgan fingerprint density at radius 3 is 2.41 bits per heavy atom. The molecule has 2 bridgehead atoms. The number of aliphatic hydroxyl groups is 1. The molecule has 3 heterocycles. The molecule has 7 nitrogen and oxygen atoms in total. The van der Waals surface area contributed by atoms with Crippen LogP contribution in [0.1, 0.15) is 101 Å². The maximum atomic E-state index is 13.0. The molecule has 0 saturated carbocycles. The molecular weight excluding hydrogens is 464 g/mol. The van der Waals surface area contributed by atoms with Crippen LogP contribution in [-0.2, 0) is 10.3 Å². The topological polar surface area (TPSA) is 111 Å². The SMILES string of the molecule is C[C@@H]1C(O)(c2ccc(NC(=O)c3ncc(C#N)[nH]3)c(C3=CCC(C)(C)CC3)c2)[C@H](C)[C@]2(C)CC[C@@]1(C)O2. The van der Waals surface area contributed by atoms with Crippen molar-refractivity contribution in [1.82, 2.24) is 9.97 Å². The lowest BCUT2D eigenvalue weighted by molar-refractivity contribution is -0.267. The maximum absolute atomic E-state index is 13.0. The van der Waals surface area contributed by atoms with Gasteiger partial charge in [-0.2, -0.15) is 5.26 Å². The summed E-state index contributed by atoms with van der Waals surface area (Å²) in [6.07, 6.45) is 8.35. The van der Waals surface area contributed by atoms with Gasteiger partial charge in [-0.1, -0.05) is 39.8 Å². The fourth-order valence-corrected chi connectivity index (χ4v) is 6.71. The van der Waals surface area contributed by atoms with Crippen molar-refractivity contribution in [3.8, 4) is 6.07 Å². The fourth-order valence-electron chi connectivity index (χ4n) is 6.71. The molecule has 7 heteroatoms. The number of amides is 1. The van der Waals surface area contributed by atoms with Crippen molar-refractivity contribution < 1.29 is 14.6 Å². The molecule has 0 spiro atoms. The predicted octanol–water partition coefficient (Wildman–Crippen LogP) is 5.93. The fraction of sp³-hybridized carbons (Fsp3) is 0.567. The summed E-state index contributed by atoms with van der Waals surface area (Å²) in [5.41, 5.74) is 2.23. The number of imidazole rings is 1. The highest BCUT2D eigenvalue weighted by Gasteiger charge is 2.65. The molecule has 1 aromatic carbocycles. The average molecular weight is 503 g/mol. The summed E-state index contributed by atoms with van der Waals surface area (Å²) < 4.78 is 6.56. The number of nitrogens with one attached hydrogen (secondary N) is 2. The number of nitrogens with zero attached hydrogens (tertiary/aromatic N) is 2. The van der Waals surface area contributed by atoms with Crippen LogP contribution in [0.5, 0.6) is 0 Å². The zero-order valence-corrected chi connectivity index (χ0v) is 22.7. The summed E-state index contributed by atoms with van der Waals surface area (Å²) >= 11 is 0. The predicted molar refractivity (Wildman–Crippen MR) is 143 cm³/mol. The van der Waals surface area contributed by atoms with Crippen LogP contribution in [0.3, 0.4) is 0 Å². The van der Waals surface area contributed by atoms with E-state index in [-0.39, 0.29) is 28.8 Å². The van der Waals surface area contributed by atoms with Gasteiger partial charge >= 0.3 is 0 Å². The molecule has 1 aliphatic carbocycles. The number of carbonyl (C=O) groups is 1. The Kier molecular flexibility index (Phi) is 5.93. The molecule has 2 aromatic rings. The van der Waals surface area contributed by atoms with Crippen LogP contribution in [0.15, 0.2) is 30.5 Å². The van der Waals surface area contributed by atoms with Gasteiger partial charge in [-0.3, -0.25) is 4.79 Å². The Labute approximate surface area is 219 Å². The Balaban J connectivity index is 1.58. The van der Waals surface area contributed by atoms with E-state index < -0.39 is 22.7 Å². The largest absolute Gasteiger partial charge is 0.384 e. The molecule has 3 N–H and O–H groups in total. The van der Waals surface area contributed by atoms with E-state index in [0.29, 0.717) is 5.69 Å². The van der Waals surface area contributed by atoms with Gasteiger partial charge < -0.3 is 20.1 Å². The van der Waals surface area contributed by atoms with E-state index in [1.165, 1.54) is 11.8 Å². The third-order valence-corrected chi connectivity index (χ3v) is 9.70. The van der Waals surface area contributed by atoms with E-state index >= 15 is 0 Å². The third-order valence-electron chi connectivity index (χ3n) is 9.70. The van der Waals surface area contributed by atoms with Crippen LogP contribution in [0, 0.1) is 28.6 Å². The minimum atomic E-state index is -1.08. The molecule has 2 fully saturated rings. The highest BCUT2D eigenvalue weighted by Crippen LogP contribution is 2.61. The molecule has 5 atom stereocenters. The number of benzene rings is 1. The quantitative estimate of drug-likeness (QED) is 0.480. The molecular formula is C30H38N4O3. The van der Waals surface area contributed by atoms with Gasteiger partial charge in [-0.25, -0.2) is 4.98 Å². The highest BCUT2D eigenvalue weighted by atomic mass is 16.5. The van der Waals surface area contributed by atoms with Crippen LogP contribution in [0.4, 0.5) is 5.69 Å². The molecule has 2 aliphatic heterocycles. The minimum absolute atomic E-state index is 0.0908. The number of anilines is 1. The Hall–Kier alpha value is -2.95. The lowest BCUT2D eigenvalue weighted by atomic mass is 9.63. The van der Waals surface area contributed by atoms with Gasteiger partial charge in [0.25, 0.3) is 5.91 Å². The van der Waals surface area contributed by atoms with Gasteiger partial charge in [0.1, 0.15) is 17.4 Å². The first-order valence-corrected chi connectivity index (χ1v) is 13.3. The number of aromatic nitrogens is 2. The standard InChI is InChI=1S/C30H38N4O3/c1-18-28(5)13-14-29(6,37-28)19(2)30(18,36)21-7-8-24(34-26(35)25-32-17-22(16-31)33-25)23(15-21)20-9-11-27(3,4)12-10-20/h7-9,15,17-19,36H,10-14H2,1-6H3,(H,32,33)(H,34,35)/t18-,19+,28+,29-,30?. The summed E-state index contributed by atoms with van der Waals surface area (Å²) in [7, 11) is 0. The number of carbonyl (C=O) groups excluding carboxylic acids is 1. The number of nitriles is 1. The van der Waals surface area contributed by atoms with Crippen molar-refractivity contribution in [3.05, 3.63) is 53.1 Å². The molecule has 196 valence electrons. The van der Waals surface area contributed by atoms with Gasteiger partial charge in [-0.05, 0) is 74.6 Å². The van der Waals surface area contributed by atoms with Crippen molar-refractivity contribution >= 4 is 17.2 Å².